The molecule has 4 rings (SSSR count). The molecule has 2 heterocycles. The average Bonchev–Trinajstić information content (AvgIpc) is 3.34. The van der Waals surface area contributed by atoms with Crippen molar-refractivity contribution in [1.29, 1.82) is 0 Å². The number of ether oxygens (including phenoxy) is 1. The summed E-state index contributed by atoms with van der Waals surface area (Å²) in [6, 6.07) is 13.9. The van der Waals surface area contributed by atoms with E-state index >= 15 is 0 Å². The number of rotatable bonds is 7. The van der Waals surface area contributed by atoms with Crippen LogP contribution in [0.2, 0.25) is 0 Å². The number of hydrogen-bond acceptors (Lipinski definition) is 5. The summed E-state index contributed by atoms with van der Waals surface area (Å²) in [5, 5.41) is 10.2. The van der Waals surface area contributed by atoms with Gasteiger partial charge in [0, 0.05) is 26.2 Å². The molecule has 2 aromatic carbocycles. The Kier molecular flexibility index (Phi) is 6.51. The zero-order chi connectivity index (χ0) is 23.8. The van der Waals surface area contributed by atoms with Gasteiger partial charge in [-0.05, 0) is 47.9 Å². The summed E-state index contributed by atoms with van der Waals surface area (Å²) >= 11 is 0. The Hall–Kier alpha value is -2.82. The Balaban J connectivity index is 1.42. The predicted molar refractivity (Wildman–Crippen MR) is 116 cm³/mol. The van der Waals surface area contributed by atoms with Crippen LogP contribution < -0.4 is 4.74 Å². The third-order valence-electron chi connectivity index (χ3n) is 5.90. The van der Waals surface area contributed by atoms with Gasteiger partial charge >= 0.3 is 6.61 Å². The lowest BCUT2D eigenvalue weighted by Crippen LogP contribution is -2.40. The fourth-order valence-electron chi connectivity index (χ4n) is 4.30. The Morgan fingerprint density at radius 3 is 2.06 bits per heavy atom. The number of sulfonamides is 1. The molecule has 33 heavy (non-hydrogen) atoms. The van der Waals surface area contributed by atoms with Crippen LogP contribution in [0.25, 0.3) is 0 Å². The van der Waals surface area contributed by atoms with Gasteiger partial charge in [-0.2, -0.15) is 13.1 Å². The van der Waals surface area contributed by atoms with Crippen molar-refractivity contribution in [3.63, 3.8) is 0 Å². The lowest BCUT2D eigenvalue weighted by molar-refractivity contribution is -0.134. The molecule has 0 fully saturated rings. The van der Waals surface area contributed by atoms with Crippen molar-refractivity contribution in [2.45, 2.75) is 30.5 Å². The number of halogens is 2. The van der Waals surface area contributed by atoms with Gasteiger partial charge in [0.1, 0.15) is 5.75 Å². The molecule has 1 N–H and O–H groups in total. The van der Waals surface area contributed by atoms with E-state index in [2.05, 4.69) is 4.74 Å². The first-order valence-corrected chi connectivity index (χ1v) is 11.9. The van der Waals surface area contributed by atoms with Crippen LogP contribution in [0.3, 0.4) is 0 Å². The van der Waals surface area contributed by atoms with Crippen molar-refractivity contribution in [3.05, 3.63) is 71.3 Å². The monoisotopic (exact) mass is 478 g/mol. The molecule has 0 spiro atoms. The maximum atomic E-state index is 13.2. The molecule has 1 unspecified atom stereocenters. The molecule has 10 heteroatoms. The van der Waals surface area contributed by atoms with Gasteiger partial charge in [-0.1, -0.05) is 30.3 Å². The quantitative estimate of drug-likeness (QED) is 0.619. The van der Waals surface area contributed by atoms with E-state index in [1.165, 1.54) is 28.6 Å². The number of nitrogens with zero attached hydrogens (tertiary/aromatic N) is 2. The molecule has 2 aliphatic rings. The fraction of sp³-hybridized carbons (Fsp3) is 0.348. The van der Waals surface area contributed by atoms with Gasteiger partial charge in [0.25, 0.3) is 0 Å². The van der Waals surface area contributed by atoms with E-state index < -0.39 is 28.7 Å². The molecular weight excluding hydrogens is 454 g/mol. The second kappa shape index (κ2) is 9.20. The number of carbonyl (C=O) groups excluding carboxylic acids is 1. The second-order valence-corrected chi connectivity index (χ2v) is 10.1. The van der Waals surface area contributed by atoms with Gasteiger partial charge in [-0.25, -0.2) is 8.42 Å². The number of aliphatic hydroxyl groups is 1. The van der Waals surface area contributed by atoms with Crippen LogP contribution in [0.4, 0.5) is 8.78 Å². The predicted octanol–water partition coefficient (Wildman–Crippen LogP) is 2.60. The normalized spacial score (nSPS) is 18.5. The molecule has 0 aliphatic carbocycles. The van der Waals surface area contributed by atoms with Crippen LogP contribution in [0.15, 0.2) is 70.6 Å². The molecule has 2 aromatic rings. The van der Waals surface area contributed by atoms with Crippen molar-refractivity contribution in [1.82, 2.24) is 9.21 Å². The molecule has 2 atom stereocenters. The molecular formula is C23H24F2N2O5S. The zero-order valence-corrected chi connectivity index (χ0v) is 18.7. The highest BCUT2D eigenvalue weighted by atomic mass is 32.2. The summed E-state index contributed by atoms with van der Waals surface area (Å²) in [5.41, 5.74) is 2.46. The minimum Gasteiger partial charge on any atom is -0.435 e. The van der Waals surface area contributed by atoms with Crippen molar-refractivity contribution < 1.29 is 31.8 Å². The molecule has 7 nitrogen and oxygen atoms in total. The lowest BCUT2D eigenvalue weighted by atomic mass is 9.93. The maximum absolute atomic E-state index is 13.2. The molecule has 2 aliphatic heterocycles. The minimum atomic E-state index is -3.83. The van der Waals surface area contributed by atoms with Gasteiger partial charge in [-0.15, -0.1) is 0 Å². The fourth-order valence-corrected chi connectivity index (χ4v) is 5.73. The number of carbonyl (C=O) groups is 1. The molecule has 176 valence electrons. The first-order chi connectivity index (χ1) is 15.7. The van der Waals surface area contributed by atoms with Crippen LogP contribution in [0, 0.1) is 0 Å². The highest BCUT2D eigenvalue weighted by Gasteiger charge is 2.40. The van der Waals surface area contributed by atoms with E-state index in [0.29, 0.717) is 13.1 Å². The van der Waals surface area contributed by atoms with Gasteiger partial charge in [0.15, 0.2) is 0 Å². The summed E-state index contributed by atoms with van der Waals surface area (Å²) in [6.07, 6.45) is -0.871. The molecule has 0 bridgehead atoms. The second-order valence-electron chi connectivity index (χ2n) is 8.15. The van der Waals surface area contributed by atoms with E-state index in [-0.39, 0.29) is 29.6 Å². The molecule has 0 aromatic heterocycles. The Labute approximate surface area is 190 Å². The molecule has 0 saturated heterocycles. The van der Waals surface area contributed by atoms with Crippen molar-refractivity contribution in [2.24, 2.45) is 0 Å². The SMILES string of the molecule is CC(O)[C@H](C(=O)N1CC2=C(C1)CN(S(=O)(=O)c1ccc(OC(F)F)cc1)C2)c1ccccc1. The summed E-state index contributed by atoms with van der Waals surface area (Å²) in [6.45, 7) is -0.491. The van der Waals surface area contributed by atoms with Crippen molar-refractivity contribution in [2.75, 3.05) is 26.2 Å². The highest BCUT2D eigenvalue weighted by Crippen LogP contribution is 2.33. The average molecular weight is 479 g/mol. The number of amides is 1. The van der Waals surface area contributed by atoms with Crippen LogP contribution in [0.5, 0.6) is 5.75 Å². The smallest absolute Gasteiger partial charge is 0.387 e. The van der Waals surface area contributed by atoms with Crippen LogP contribution in [-0.2, 0) is 14.8 Å². The summed E-state index contributed by atoms with van der Waals surface area (Å²) in [5.74, 6) is -1.01. The first-order valence-electron chi connectivity index (χ1n) is 10.4. The number of benzene rings is 2. The Bertz CT molecular complexity index is 1130. The Morgan fingerprint density at radius 2 is 1.55 bits per heavy atom. The van der Waals surface area contributed by atoms with E-state index in [1.54, 1.807) is 24.0 Å². The lowest BCUT2D eigenvalue weighted by Gasteiger charge is -2.28. The Morgan fingerprint density at radius 1 is 0.970 bits per heavy atom. The van der Waals surface area contributed by atoms with Crippen LogP contribution >= 0.6 is 0 Å². The third kappa shape index (κ3) is 4.78. The third-order valence-corrected chi connectivity index (χ3v) is 7.71. The largest absolute Gasteiger partial charge is 0.435 e. The van der Waals surface area contributed by atoms with E-state index in [9.17, 15) is 27.1 Å². The van der Waals surface area contributed by atoms with Crippen molar-refractivity contribution in [3.8, 4) is 5.75 Å². The zero-order valence-electron chi connectivity index (χ0n) is 17.9. The number of hydrogen-bond donors (Lipinski definition) is 1. The minimum absolute atomic E-state index is 0.0172. The summed E-state index contributed by atoms with van der Waals surface area (Å²) in [7, 11) is -3.83. The highest BCUT2D eigenvalue weighted by molar-refractivity contribution is 7.89. The first kappa shape index (κ1) is 23.3. The summed E-state index contributed by atoms with van der Waals surface area (Å²) in [4.78, 5) is 14.8. The van der Waals surface area contributed by atoms with E-state index in [0.717, 1.165) is 16.7 Å². The maximum Gasteiger partial charge on any atom is 0.387 e. The van der Waals surface area contributed by atoms with Gasteiger partial charge in [-0.3, -0.25) is 4.79 Å². The topological polar surface area (TPSA) is 87.2 Å². The number of alkyl halides is 2. The van der Waals surface area contributed by atoms with Crippen molar-refractivity contribution >= 4 is 15.9 Å². The van der Waals surface area contributed by atoms with E-state index in [4.69, 9.17) is 0 Å². The van der Waals surface area contributed by atoms with Crippen LogP contribution in [0.1, 0.15) is 18.4 Å². The van der Waals surface area contributed by atoms with E-state index in [1.807, 2.05) is 18.2 Å². The van der Waals surface area contributed by atoms with Crippen LogP contribution in [-0.4, -0.2) is 67.5 Å². The molecule has 0 saturated carbocycles. The standard InChI is InChI=1S/C23H24F2N2O5S/c1-15(28)21(16-5-3-2-4-6-16)22(29)26-11-17-13-27(14-18(17)12-26)33(30,31)20-9-7-19(8-10-20)32-23(24)25/h2-10,15,21,23,28H,11-14H2,1H3/t15?,21-/m0/s1. The molecule has 1 amide bonds. The van der Waals surface area contributed by atoms with Gasteiger partial charge in [0.05, 0.1) is 16.9 Å². The van der Waals surface area contributed by atoms with Gasteiger partial charge in [0.2, 0.25) is 15.9 Å². The molecule has 0 radical (unpaired) electrons. The van der Waals surface area contributed by atoms with Gasteiger partial charge < -0.3 is 14.7 Å². The summed E-state index contributed by atoms with van der Waals surface area (Å²) < 4.78 is 56.2. The number of aliphatic hydroxyl groups excluding tert-OH is 1.